The Morgan fingerprint density at radius 1 is 1.10 bits per heavy atom. The van der Waals surface area contributed by atoms with Gasteiger partial charge in [-0.1, -0.05) is 29.8 Å². The maximum absolute atomic E-state index is 13.1. The van der Waals surface area contributed by atoms with Gasteiger partial charge in [0.2, 0.25) is 0 Å². The summed E-state index contributed by atoms with van der Waals surface area (Å²) in [4.78, 5) is 27.3. The number of esters is 1. The second kappa shape index (κ2) is 8.11. The van der Waals surface area contributed by atoms with Crippen LogP contribution in [0, 0.1) is 6.92 Å². The number of amides is 1. The molecule has 1 aliphatic heterocycles. The number of rotatable bonds is 4. The summed E-state index contributed by atoms with van der Waals surface area (Å²) in [5, 5.41) is 1.12. The van der Waals surface area contributed by atoms with E-state index in [9.17, 15) is 9.59 Å². The minimum absolute atomic E-state index is 0.0531. The van der Waals surface area contributed by atoms with E-state index in [4.69, 9.17) is 4.74 Å². The minimum Gasteiger partial charge on any atom is -0.465 e. The smallest absolute Gasteiger partial charge is 0.325 e. The van der Waals surface area contributed by atoms with Gasteiger partial charge in [-0.2, -0.15) is 0 Å². The van der Waals surface area contributed by atoms with Crippen LogP contribution in [0.3, 0.4) is 0 Å². The van der Waals surface area contributed by atoms with Crippen molar-refractivity contribution in [3.63, 3.8) is 0 Å². The molecule has 5 heteroatoms. The third-order valence-corrected chi connectivity index (χ3v) is 5.53. The van der Waals surface area contributed by atoms with Gasteiger partial charge in [-0.3, -0.25) is 9.59 Å². The molecule has 4 rings (SSSR count). The molecule has 0 unspecified atom stereocenters. The first-order valence-electron chi connectivity index (χ1n) is 10.2. The molecule has 5 nitrogen and oxygen atoms in total. The fraction of sp³-hybridized carbons (Fsp3) is 0.333. The highest BCUT2D eigenvalue weighted by Gasteiger charge is 2.26. The molecule has 1 aromatic heterocycles. The van der Waals surface area contributed by atoms with Gasteiger partial charge in [0.15, 0.2) is 0 Å². The Morgan fingerprint density at radius 2 is 1.90 bits per heavy atom. The molecule has 0 saturated carbocycles. The lowest BCUT2D eigenvalue weighted by Gasteiger charge is -2.21. The highest BCUT2D eigenvalue weighted by Crippen LogP contribution is 2.32. The number of ether oxygens (including phenoxy) is 1. The number of nitrogens with zero attached hydrogens (tertiary/aromatic N) is 2. The van der Waals surface area contributed by atoms with Crippen molar-refractivity contribution in [1.29, 1.82) is 0 Å². The van der Waals surface area contributed by atoms with Crippen molar-refractivity contribution < 1.29 is 14.3 Å². The lowest BCUT2D eigenvalue weighted by Crippen LogP contribution is -2.30. The van der Waals surface area contributed by atoms with E-state index in [1.165, 1.54) is 5.56 Å². The zero-order valence-electron chi connectivity index (χ0n) is 17.0. The van der Waals surface area contributed by atoms with E-state index in [2.05, 4.69) is 29.7 Å². The zero-order chi connectivity index (χ0) is 20.4. The van der Waals surface area contributed by atoms with Crippen LogP contribution in [0.4, 0.5) is 0 Å². The van der Waals surface area contributed by atoms with Crippen molar-refractivity contribution in [1.82, 2.24) is 9.47 Å². The predicted octanol–water partition coefficient (Wildman–Crippen LogP) is 4.10. The number of benzene rings is 2. The van der Waals surface area contributed by atoms with E-state index in [0.717, 1.165) is 35.0 Å². The molecule has 150 valence electrons. The molecular formula is C24H26N2O3. The number of fused-ring (bicyclic) bond motifs is 3. The summed E-state index contributed by atoms with van der Waals surface area (Å²) >= 11 is 0. The van der Waals surface area contributed by atoms with Crippen LogP contribution < -0.4 is 0 Å². The van der Waals surface area contributed by atoms with Gasteiger partial charge in [-0.15, -0.1) is 0 Å². The van der Waals surface area contributed by atoms with E-state index >= 15 is 0 Å². The van der Waals surface area contributed by atoms with Crippen LogP contribution in [0.15, 0.2) is 48.5 Å². The van der Waals surface area contributed by atoms with Crippen LogP contribution >= 0.6 is 0 Å². The monoisotopic (exact) mass is 390 g/mol. The SMILES string of the molecule is CCOC(=O)Cn1c2c(c3cc(C)ccc31)CN(C(=O)c1ccccc1)CCC2. The number of aromatic nitrogens is 1. The molecular weight excluding hydrogens is 364 g/mol. The molecule has 0 saturated heterocycles. The highest BCUT2D eigenvalue weighted by atomic mass is 16.5. The number of carbonyl (C=O) groups excluding carboxylic acids is 2. The summed E-state index contributed by atoms with van der Waals surface area (Å²) in [6.07, 6.45) is 1.70. The van der Waals surface area contributed by atoms with Crippen LogP contribution in [-0.2, 0) is 29.0 Å². The lowest BCUT2D eigenvalue weighted by atomic mass is 10.1. The molecule has 0 atom stereocenters. The molecule has 0 fully saturated rings. The van der Waals surface area contributed by atoms with Crippen molar-refractivity contribution in [3.05, 3.63) is 70.9 Å². The topological polar surface area (TPSA) is 51.5 Å². The molecule has 1 amide bonds. The molecule has 2 aromatic carbocycles. The molecule has 0 radical (unpaired) electrons. The first kappa shape index (κ1) is 19.2. The largest absolute Gasteiger partial charge is 0.465 e. The Hall–Kier alpha value is -3.08. The van der Waals surface area contributed by atoms with Gasteiger partial charge in [0.05, 0.1) is 6.61 Å². The molecule has 29 heavy (non-hydrogen) atoms. The van der Waals surface area contributed by atoms with Gasteiger partial charge in [0.25, 0.3) is 5.91 Å². The zero-order valence-corrected chi connectivity index (χ0v) is 17.0. The van der Waals surface area contributed by atoms with Gasteiger partial charge in [0, 0.05) is 40.8 Å². The number of aryl methyl sites for hydroxylation is 1. The number of hydrogen-bond donors (Lipinski definition) is 0. The summed E-state index contributed by atoms with van der Waals surface area (Å²) in [5.74, 6) is -0.174. The molecule has 0 aliphatic carbocycles. The van der Waals surface area contributed by atoms with Gasteiger partial charge in [0.1, 0.15) is 6.54 Å². The van der Waals surface area contributed by atoms with Crippen molar-refractivity contribution >= 4 is 22.8 Å². The summed E-state index contributed by atoms with van der Waals surface area (Å²) in [6.45, 7) is 5.72. The molecule has 3 aromatic rings. The fourth-order valence-electron chi connectivity index (χ4n) is 4.21. The Kier molecular flexibility index (Phi) is 5.38. The lowest BCUT2D eigenvalue weighted by molar-refractivity contribution is -0.143. The van der Waals surface area contributed by atoms with Crippen molar-refractivity contribution in [2.24, 2.45) is 0 Å². The number of carbonyl (C=O) groups is 2. The van der Waals surface area contributed by atoms with Crippen LogP contribution in [0.1, 0.15) is 40.5 Å². The summed E-state index contributed by atoms with van der Waals surface area (Å²) < 4.78 is 7.28. The summed E-state index contributed by atoms with van der Waals surface area (Å²) in [5.41, 5.74) is 5.20. The standard InChI is InChI=1S/C24H26N2O3/c1-3-29-23(27)16-26-21-10-7-13-25(24(28)18-8-5-4-6-9-18)15-20(21)19-14-17(2)11-12-22(19)26/h4-6,8-9,11-12,14H,3,7,10,13,15-16H2,1-2H3. The second-order valence-electron chi connectivity index (χ2n) is 7.53. The average Bonchev–Trinajstić information content (AvgIpc) is 2.87. The van der Waals surface area contributed by atoms with Gasteiger partial charge >= 0.3 is 5.97 Å². The normalized spacial score (nSPS) is 13.8. The van der Waals surface area contributed by atoms with E-state index < -0.39 is 0 Å². The van der Waals surface area contributed by atoms with Crippen LogP contribution in [0.25, 0.3) is 10.9 Å². The Morgan fingerprint density at radius 3 is 2.66 bits per heavy atom. The second-order valence-corrected chi connectivity index (χ2v) is 7.53. The van der Waals surface area contributed by atoms with E-state index in [-0.39, 0.29) is 18.4 Å². The summed E-state index contributed by atoms with van der Waals surface area (Å²) in [6, 6.07) is 15.7. The predicted molar refractivity (Wildman–Crippen MR) is 113 cm³/mol. The maximum Gasteiger partial charge on any atom is 0.325 e. The molecule has 0 spiro atoms. The highest BCUT2D eigenvalue weighted by molar-refractivity contribution is 5.95. The van der Waals surface area contributed by atoms with E-state index in [1.807, 2.05) is 42.2 Å². The van der Waals surface area contributed by atoms with Crippen LogP contribution in [0.2, 0.25) is 0 Å². The quantitative estimate of drug-likeness (QED) is 0.630. The first-order chi connectivity index (χ1) is 14.1. The summed E-state index contributed by atoms with van der Waals surface area (Å²) in [7, 11) is 0. The average molecular weight is 390 g/mol. The van der Waals surface area contributed by atoms with Gasteiger partial charge in [-0.05, 0) is 51.0 Å². The molecule has 0 N–H and O–H groups in total. The van der Waals surface area contributed by atoms with Crippen molar-refractivity contribution in [2.75, 3.05) is 13.2 Å². The van der Waals surface area contributed by atoms with E-state index in [0.29, 0.717) is 25.3 Å². The van der Waals surface area contributed by atoms with Crippen LogP contribution in [-0.4, -0.2) is 34.5 Å². The Balaban J connectivity index is 1.76. The molecule has 2 heterocycles. The molecule has 0 bridgehead atoms. The van der Waals surface area contributed by atoms with E-state index in [1.54, 1.807) is 0 Å². The maximum atomic E-state index is 13.1. The van der Waals surface area contributed by atoms with Crippen molar-refractivity contribution in [3.8, 4) is 0 Å². The van der Waals surface area contributed by atoms with Crippen LogP contribution in [0.5, 0.6) is 0 Å². The van der Waals surface area contributed by atoms with Crippen molar-refractivity contribution in [2.45, 2.75) is 39.8 Å². The molecule has 1 aliphatic rings. The van der Waals surface area contributed by atoms with Gasteiger partial charge in [-0.25, -0.2) is 0 Å². The van der Waals surface area contributed by atoms with Gasteiger partial charge < -0.3 is 14.2 Å². The fourth-order valence-corrected chi connectivity index (χ4v) is 4.21. The number of hydrogen-bond acceptors (Lipinski definition) is 3. The third-order valence-electron chi connectivity index (χ3n) is 5.53. The third kappa shape index (κ3) is 3.77. The minimum atomic E-state index is -0.228. The Bertz CT molecular complexity index is 1050. The first-order valence-corrected chi connectivity index (χ1v) is 10.2. The Labute approximate surface area is 170 Å².